The van der Waals surface area contributed by atoms with E-state index in [4.69, 9.17) is 15.2 Å². The first-order valence-electron chi connectivity index (χ1n) is 11.5. The van der Waals surface area contributed by atoms with Crippen LogP contribution in [-0.4, -0.2) is 52.7 Å². The Morgan fingerprint density at radius 3 is 2.85 bits per heavy atom. The van der Waals surface area contributed by atoms with E-state index in [1.807, 2.05) is 12.1 Å². The molecule has 1 aliphatic rings. The van der Waals surface area contributed by atoms with Crippen LogP contribution in [-0.2, 0) is 17.8 Å². The Balaban J connectivity index is 1.56. The number of nitrogens with one attached hydrogen (secondary N) is 2. The predicted molar refractivity (Wildman–Crippen MR) is 126 cm³/mol. The highest BCUT2D eigenvalue weighted by atomic mass is 19.1. The monoisotopic (exact) mass is 457 g/mol. The Hall–Kier alpha value is -2.98. The Labute approximate surface area is 192 Å². The molecule has 0 saturated carbocycles. The molecule has 3 aromatic rings. The second-order valence-electron chi connectivity index (χ2n) is 8.27. The summed E-state index contributed by atoms with van der Waals surface area (Å²) >= 11 is 0. The predicted octanol–water partition coefficient (Wildman–Crippen LogP) is 3.09. The van der Waals surface area contributed by atoms with Crippen LogP contribution < -0.4 is 21.1 Å². The van der Waals surface area contributed by atoms with E-state index < -0.39 is 5.95 Å². The summed E-state index contributed by atoms with van der Waals surface area (Å²) in [5.74, 6) is 0.550. The van der Waals surface area contributed by atoms with E-state index in [1.165, 1.54) is 0 Å². The quantitative estimate of drug-likeness (QED) is 0.398. The van der Waals surface area contributed by atoms with Crippen LogP contribution in [0.1, 0.15) is 43.7 Å². The largest absolute Gasteiger partial charge is 0.496 e. The van der Waals surface area contributed by atoms with Crippen LogP contribution in [0.2, 0.25) is 0 Å². The van der Waals surface area contributed by atoms with E-state index in [-0.39, 0.29) is 11.5 Å². The molecule has 9 nitrogen and oxygen atoms in total. The summed E-state index contributed by atoms with van der Waals surface area (Å²) in [6.45, 7) is 5.47. The number of anilines is 2. The smallest absolute Gasteiger partial charge is 0.259 e. The van der Waals surface area contributed by atoms with Gasteiger partial charge in [0, 0.05) is 37.9 Å². The minimum Gasteiger partial charge on any atom is -0.496 e. The SMILES string of the molecule is CCCCNc1nc(N)nc2c(F)nn(Cc3ccc(CNC4CCOCC4)cc3OC)c12. The van der Waals surface area contributed by atoms with Gasteiger partial charge in [0.15, 0.2) is 11.3 Å². The lowest BCUT2D eigenvalue weighted by molar-refractivity contribution is 0.0776. The van der Waals surface area contributed by atoms with Crippen molar-refractivity contribution in [1.82, 2.24) is 25.1 Å². The minimum atomic E-state index is -0.672. The van der Waals surface area contributed by atoms with Crippen molar-refractivity contribution in [1.29, 1.82) is 0 Å². The fourth-order valence-corrected chi connectivity index (χ4v) is 4.04. The first-order chi connectivity index (χ1) is 16.1. The molecule has 4 N–H and O–H groups in total. The van der Waals surface area contributed by atoms with Gasteiger partial charge in [-0.25, -0.2) is 4.98 Å². The third-order valence-corrected chi connectivity index (χ3v) is 5.87. The molecule has 10 heteroatoms. The lowest BCUT2D eigenvalue weighted by Crippen LogP contribution is -2.34. The van der Waals surface area contributed by atoms with Crippen molar-refractivity contribution in [3.05, 3.63) is 35.3 Å². The third-order valence-electron chi connectivity index (χ3n) is 5.87. The van der Waals surface area contributed by atoms with Crippen LogP contribution in [0.15, 0.2) is 18.2 Å². The van der Waals surface area contributed by atoms with Crippen molar-refractivity contribution in [2.45, 2.75) is 51.7 Å². The molecule has 2 aromatic heterocycles. The van der Waals surface area contributed by atoms with Crippen molar-refractivity contribution >= 4 is 22.8 Å². The highest BCUT2D eigenvalue weighted by molar-refractivity contribution is 5.87. The molecular formula is C23H32FN7O2. The maximum atomic E-state index is 14.6. The van der Waals surface area contributed by atoms with Gasteiger partial charge in [0.1, 0.15) is 11.3 Å². The summed E-state index contributed by atoms with van der Waals surface area (Å²) in [4.78, 5) is 8.37. The van der Waals surface area contributed by atoms with Gasteiger partial charge in [-0.1, -0.05) is 25.5 Å². The van der Waals surface area contributed by atoms with Gasteiger partial charge in [0.2, 0.25) is 5.95 Å². The number of fused-ring (bicyclic) bond motifs is 1. The Bertz CT molecular complexity index is 1080. The summed E-state index contributed by atoms with van der Waals surface area (Å²) in [6, 6.07) is 6.53. The normalized spacial score (nSPS) is 14.6. The maximum absolute atomic E-state index is 14.6. The van der Waals surface area contributed by atoms with Gasteiger partial charge in [-0.3, -0.25) is 4.68 Å². The standard InChI is InChI=1S/C23H32FN7O2/c1-3-4-9-26-22-20-19(28-23(25)29-22)21(24)30-31(20)14-16-6-5-15(12-18(16)32-2)13-27-17-7-10-33-11-8-17/h5-6,12,17,27H,3-4,7-11,13-14H2,1-2H3,(H3,25,26,28,29). The molecule has 1 fully saturated rings. The molecule has 0 amide bonds. The van der Waals surface area contributed by atoms with E-state index in [2.05, 4.69) is 38.7 Å². The number of unbranched alkanes of at least 4 members (excludes halogenated alkanes) is 1. The van der Waals surface area contributed by atoms with E-state index in [0.717, 1.165) is 62.3 Å². The number of nitrogens with two attached hydrogens (primary N) is 1. The summed E-state index contributed by atoms with van der Waals surface area (Å²) in [7, 11) is 1.64. The maximum Gasteiger partial charge on any atom is 0.259 e. The molecule has 1 saturated heterocycles. The molecular weight excluding hydrogens is 425 g/mol. The number of hydrogen-bond acceptors (Lipinski definition) is 8. The Morgan fingerprint density at radius 2 is 2.09 bits per heavy atom. The van der Waals surface area contributed by atoms with Gasteiger partial charge in [0.05, 0.1) is 13.7 Å². The van der Waals surface area contributed by atoms with Crippen LogP contribution in [0.4, 0.5) is 16.2 Å². The highest BCUT2D eigenvalue weighted by Gasteiger charge is 2.20. The van der Waals surface area contributed by atoms with Crippen molar-refractivity contribution in [3.8, 4) is 5.75 Å². The molecule has 178 valence electrons. The topological polar surface area (TPSA) is 112 Å². The summed E-state index contributed by atoms with van der Waals surface area (Å²) in [5.41, 5.74) is 8.41. The number of halogens is 1. The molecule has 33 heavy (non-hydrogen) atoms. The van der Waals surface area contributed by atoms with Gasteiger partial charge in [-0.15, -0.1) is 5.10 Å². The molecule has 1 aromatic carbocycles. The molecule has 0 bridgehead atoms. The van der Waals surface area contributed by atoms with Crippen LogP contribution >= 0.6 is 0 Å². The van der Waals surface area contributed by atoms with Gasteiger partial charge in [-0.05, 0) is 30.9 Å². The zero-order chi connectivity index (χ0) is 23.2. The number of ether oxygens (including phenoxy) is 2. The number of benzene rings is 1. The van der Waals surface area contributed by atoms with Gasteiger partial charge in [0.25, 0.3) is 5.95 Å². The van der Waals surface area contributed by atoms with Crippen LogP contribution in [0, 0.1) is 5.95 Å². The summed E-state index contributed by atoms with van der Waals surface area (Å²) < 4.78 is 27.3. The average Bonchev–Trinajstić information content (AvgIpc) is 3.14. The lowest BCUT2D eigenvalue weighted by Gasteiger charge is -2.23. The first-order valence-corrected chi connectivity index (χ1v) is 11.5. The van der Waals surface area contributed by atoms with E-state index >= 15 is 0 Å². The Kier molecular flexibility index (Phi) is 7.56. The third kappa shape index (κ3) is 5.51. The number of methoxy groups -OCH3 is 1. The second-order valence-corrected chi connectivity index (χ2v) is 8.27. The van der Waals surface area contributed by atoms with Gasteiger partial charge in [-0.2, -0.15) is 9.37 Å². The second kappa shape index (κ2) is 10.8. The fourth-order valence-electron chi connectivity index (χ4n) is 4.04. The highest BCUT2D eigenvalue weighted by Crippen LogP contribution is 2.27. The van der Waals surface area contributed by atoms with Crippen molar-refractivity contribution in [2.24, 2.45) is 0 Å². The van der Waals surface area contributed by atoms with Crippen molar-refractivity contribution < 1.29 is 13.9 Å². The molecule has 1 aliphatic heterocycles. The fraction of sp³-hybridized carbons (Fsp3) is 0.522. The molecule has 0 unspecified atom stereocenters. The molecule has 3 heterocycles. The van der Waals surface area contributed by atoms with Crippen LogP contribution in [0.5, 0.6) is 5.75 Å². The molecule has 0 atom stereocenters. The number of aromatic nitrogens is 4. The Morgan fingerprint density at radius 1 is 1.27 bits per heavy atom. The van der Waals surface area contributed by atoms with E-state index in [0.29, 0.717) is 30.5 Å². The number of nitrogens with zero attached hydrogens (tertiary/aromatic N) is 4. The van der Waals surface area contributed by atoms with E-state index in [1.54, 1.807) is 11.8 Å². The number of rotatable bonds is 10. The van der Waals surface area contributed by atoms with Gasteiger partial charge < -0.3 is 25.8 Å². The summed E-state index contributed by atoms with van der Waals surface area (Å²) in [6.07, 6.45) is 4.03. The van der Waals surface area contributed by atoms with E-state index in [9.17, 15) is 4.39 Å². The van der Waals surface area contributed by atoms with Crippen molar-refractivity contribution in [3.63, 3.8) is 0 Å². The zero-order valence-electron chi connectivity index (χ0n) is 19.2. The average molecular weight is 458 g/mol. The summed E-state index contributed by atoms with van der Waals surface area (Å²) in [5, 5.41) is 10.9. The number of nitrogen functional groups attached to an aromatic ring is 1. The van der Waals surface area contributed by atoms with Gasteiger partial charge >= 0.3 is 0 Å². The van der Waals surface area contributed by atoms with Crippen LogP contribution in [0.25, 0.3) is 11.0 Å². The number of hydrogen-bond donors (Lipinski definition) is 3. The molecule has 0 aliphatic carbocycles. The molecule has 0 spiro atoms. The lowest BCUT2D eigenvalue weighted by atomic mass is 10.1. The zero-order valence-corrected chi connectivity index (χ0v) is 19.2. The molecule has 4 rings (SSSR count). The van der Waals surface area contributed by atoms with Crippen LogP contribution in [0.3, 0.4) is 0 Å². The first kappa shape index (κ1) is 23.2. The molecule has 0 radical (unpaired) electrons. The minimum absolute atomic E-state index is 0.0129. The van der Waals surface area contributed by atoms with Crippen molar-refractivity contribution in [2.75, 3.05) is 37.9 Å².